The van der Waals surface area contributed by atoms with Crippen LogP contribution in [0, 0.1) is 11.6 Å². The van der Waals surface area contributed by atoms with Crippen molar-refractivity contribution in [1.29, 1.82) is 0 Å². The molecule has 0 radical (unpaired) electrons. The summed E-state index contributed by atoms with van der Waals surface area (Å²) >= 11 is 3.04. The number of hydrogen-bond acceptors (Lipinski definition) is 1. The number of amides is 1. The summed E-state index contributed by atoms with van der Waals surface area (Å²) < 4.78 is 26.9. The molecule has 1 amide bonds. The first-order valence-corrected chi connectivity index (χ1v) is 6.87. The SMILES string of the molecule is O=C(Nc1c(F)cc(F)cc1Br)c1c[nH]c2ccccc12. The van der Waals surface area contributed by atoms with Crippen molar-refractivity contribution in [2.75, 3.05) is 5.32 Å². The number of fused-ring (bicyclic) bond motifs is 1. The zero-order chi connectivity index (χ0) is 15.0. The number of benzene rings is 2. The van der Waals surface area contributed by atoms with E-state index in [0.717, 1.165) is 23.0 Å². The maximum Gasteiger partial charge on any atom is 0.257 e. The summed E-state index contributed by atoms with van der Waals surface area (Å²) in [7, 11) is 0. The van der Waals surface area contributed by atoms with Crippen LogP contribution in [0.1, 0.15) is 10.4 Å². The van der Waals surface area contributed by atoms with Gasteiger partial charge in [-0.25, -0.2) is 8.78 Å². The van der Waals surface area contributed by atoms with Crippen molar-refractivity contribution in [3.05, 3.63) is 64.3 Å². The molecular formula is C15H9BrF2N2O. The zero-order valence-corrected chi connectivity index (χ0v) is 12.2. The maximum atomic E-state index is 13.7. The van der Waals surface area contributed by atoms with E-state index in [0.29, 0.717) is 5.56 Å². The predicted octanol–water partition coefficient (Wildman–Crippen LogP) is 4.46. The number of aromatic amines is 1. The molecule has 0 aliphatic carbocycles. The van der Waals surface area contributed by atoms with Crippen molar-refractivity contribution in [2.24, 2.45) is 0 Å². The molecule has 3 rings (SSSR count). The van der Waals surface area contributed by atoms with Gasteiger partial charge < -0.3 is 10.3 Å². The number of aromatic nitrogens is 1. The van der Waals surface area contributed by atoms with Gasteiger partial charge in [0.1, 0.15) is 5.82 Å². The third kappa shape index (κ3) is 2.54. The molecule has 0 fully saturated rings. The van der Waals surface area contributed by atoms with Gasteiger partial charge in [-0.1, -0.05) is 18.2 Å². The van der Waals surface area contributed by atoms with Gasteiger partial charge in [0.2, 0.25) is 0 Å². The molecule has 1 heterocycles. The van der Waals surface area contributed by atoms with Gasteiger partial charge in [-0.05, 0) is 28.1 Å². The Labute approximate surface area is 127 Å². The molecule has 0 atom stereocenters. The fourth-order valence-electron chi connectivity index (χ4n) is 2.10. The van der Waals surface area contributed by atoms with E-state index in [-0.39, 0.29) is 10.2 Å². The second kappa shape index (κ2) is 5.29. The number of para-hydroxylation sites is 1. The van der Waals surface area contributed by atoms with E-state index in [4.69, 9.17) is 0 Å². The number of H-pyrrole nitrogens is 1. The average Bonchev–Trinajstić information content (AvgIpc) is 2.86. The highest BCUT2D eigenvalue weighted by molar-refractivity contribution is 9.10. The number of halogens is 3. The number of nitrogens with one attached hydrogen (secondary N) is 2. The number of carbonyl (C=O) groups excluding carboxylic acids is 1. The van der Waals surface area contributed by atoms with Gasteiger partial charge in [0.05, 0.1) is 11.3 Å². The summed E-state index contributed by atoms with van der Waals surface area (Å²) in [6.45, 7) is 0. The van der Waals surface area contributed by atoms with Gasteiger partial charge in [0, 0.05) is 27.6 Å². The topological polar surface area (TPSA) is 44.9 Å². The minimum absolute atomic E-state index is 0.0910. The van der Waals surface area contributed by atoms with Crippen LogP contribution in [0.15, 0.2) is 47.1 Å². The van der Waals surface area contributed by atoms with E-state index in [9.17, 15) is 13.6 Å². The molecule has 0 aliphatic heterocycles. The van der Waals surface area contributed by atoms with Crippen molar-refractivity contribution >= 4 is 38.4 Å². The van der Waals surface area contributed by atoms with Gasteiger partial charge in [-0.15, -0.1) is 0 Å². The zero-order valence-electron chi connectivity index (χ0n) is 10.6. The molecule has 0 bridgehead atoms. The minimum Gasteiger partial charge on any atom is -0.360 e. The Morgan fingerprint density at radius 1 is 1.19 bits per heavy atom. The fraction of sp³-hybridized carbons (Fsp3) is 0. The van der Waals surface area contributed by atoms with Crippen molar-refractivity contribution in [3.8, 4) is 0 Å². The van der Waals surface area contributed by atoms with E-state index in [1.165, 1.54) is 0 Å². The lowest BCUT2D eigenvalue weighted by atomic mass is 10.1. The van der Waals surface area contributed by atoms with Crippen molar-refractivity contribution < 1.29 is 13.6 Å². The lowest BCUT2D eigenvalue weighted by Gasteiger charge is -2.08. The van der Waals surface area contributed by atoms with Crippen LogP contribution in [0.5, 0.6) is 0 Å². The lowest BCUT2D eigenvalue weighted by Crippen LogP contribution is -2.13. The third-order valence-electron chi connectivity index (χ3n) is 3.08. The molecule has 1 aromatic heterocycles. The lowest BCUT2D eigenvalue weighted by molar-refractivity contribution is 0.102. The molecular weight excluding hydrogens is 342 g/mol. The van der Waals surface area contributed by atoms with Gasteiger partial charge in [0.25, 0.3) is 5.91 Å². The van der Waals surface area contributed by atoms with Crippen LogP contribution in [0.2, 0.25) is 0 Å². The third-order valence-corrected chi connectivity index (χ3v) is 3.70. The number of carbonyl (C=O) groups is 1. The highest BCUT2D eigenvalue weighted by atomic mass is 79.9. The summed E-state index contributed by atoms with van der Waals surface area (Å²) in [6, 6.07) is 9.08. The van der Waals surface area contributed by atoms with Crippen LogP contribution < -0.4 is 5.32 Å². The molecule has 106 valence electrons. The van der Waals surface area contributed by atoms with Crippen molar-refractivity contribution in [2.45, 2.75) is 0 Å². The van der Waals surface area contributed by atoms with Crippen LogP contribution in [0.25, 0.3) is 10.9 Å². The molecule has 0 saturated carbocycles. The van der Waals surface area contributed by atoms with Gasteiger partial charge in [-0.3, -0.25) is 4.79 Å². The van der Waals surface area contributed by atoms with Gasteiger partial charge in [-0.2, -0.15) is 0 Å². The molecule has 3 nitrogen and oxygen atoms in total. The minimum atomic E-state index is -0.838. The van der Waals surface area contributed by atoms with Crippen molar-refractivity contribution in [1.82, 2.24) is 4.98 Å². The van der Waals surface area contributed by atoms with Crippen LogP contribution in [0.4, 0.5) is 14.5 Å². The second-order valence-corrected chi connectivity index (χ2v) is 5.30. The van der Waals surface area contributed by atoms with E-state index in [2.05, 4.69) is 26.2 Å². The number of rotatable bonds is 2. The molecule has 2 N–H and O–H groups in total. The first-order chi connectivity index (χ1) is 10.1. The Bertz CT molecular complexity index is 822. The smallest absolute Gasteiger partial charge is 0.257 e. The Morgan fingerprint density at radius 3 is 2.71 bits per heavy atom. The summed E-state index contributed by atoms with van der Waals surface area (Å²) in [6.07, 6.45) is 1.55. The number of anilines is 1. The molecule has 0 unspecified atom stereocenters. The Morgan fingerprint density at radius 2 is 1.95 bits per heavy atom. The van der Waals surface area contributed by atoms with E-state index in [1.807, 2.05) is 12.1 Å². The highest BCUT2D eigenvalue weighted by Crippen LogP contribution is 2.28. The van der Waals surface area contributed by atoms with E-state index < -0.39 is 17.5 Å². The average molecular weight is 351 g/mol. The van der Waals surface area contributed by atoms with Gasteiger partial charge in [0.15, 0.2) is 5.82 Å². The van der Waals surface area contributed by atoms with Crippen LogP contribution >= 0.6 is 15.9 Å². The molecule has 2 aromatic carbocycles. The Kier molecular flexibility index (Phi) is 3.47. The quantitative estimate of drug-likeness (QED) is 0.704. The standard InChI is InChI=1S/C15H9BrF2N2O/c16-11-5-8(17)6-12(18)14(11)20-15(21)10-7-19-13-4-2-1-3-9(10)13/h1-7,19H,(H,20,21). The Balaban J connectivity index is 1.97. The maximum absolute atomic E-state index is 13.7. The van der Waals surface area contributed by atoms with Crippen molar-refractivity contribution in [3.63, 3.8) is 0 Å². The summed E-state index contributed by atoms with van der Waals surface area (Å²) in [4.78, 5) is 15.2. The summed E-state index contributed by atoms with van der Waals surface area (Å²) in [5, 5.41) is 3.18. The fourth-order valence-corrected chi connectivity index (χ4v) is 2.61. The monoisotopic (exact) mass is 350 g/mol. The molecule has 0 saturated heterocycles. The van der Waals surface area contributed by atoms with Crippen LogP contribution in [-0.4, -0.2) is 10.9 Å². The Hall–Kier alpha value is -2.21. The van der Waals surface area contributed by atoms with Gasteiger partial charge >= 0.3 is 0 Å². The predicted molar refractivity (Wildman–Crippen MR) is 80.3 cm³/mol. The van der Waals surface area contributed by atoms with E-state index in [1.54, 1.807) is 18.3 Å². The molecule has 6 heteroatoms. The molecule has 3 aromatic rings. The summed E-state index contributed by atoms with van der Waals surface area (Å²) in [5.41, 5.74) is 1.11. The highest BCUT2D eigenvalue weighted by Gasteiger charge is 2.16. The molecule has 0 aliphatic rings. The summed E-state index contributed by atoms with van der Waals surface area (Å²) in [5.74, 6) is -2.03. The first kappa shape index (κ1) is 13.8. The number of hydrogen-bond donors (Lipinski definition) is 2. The van der Waals surface area contributed by atoms with E-state index >= 15 is 0 Å². The van der Waals surface area contributed by atoms with Crippen LogP contribution in [0.3, 0.4) is 0 Å². The van der Waals surface area contributed by atoms with Crippen LogP contribution in [-0.2, 0) is 0 Å². The largest absolute Gasteiger partial charge is 0.360 e. The first-order valence-electron chi connectivity index (χ1n) is 6.08. The molecule has 21 heavy (non-hydrogen) atoms. The second-order valence-electron chi connectivity index (χ2n) is 4.45. The normalized spacial score (nSPS) is 10.8. The molecule has 0 spiro atoms.